The molecular formula is C28H36Cl3FN6O3. The number of anilines is 2. The van der Waals surface area contributed by atoms with Crippen molar-refractivity contribution in [3.63, 3.8) is 0 Å². The number of halogens is 4. The fourth-order valence-corrected chi connectivity index (χ4v) is 5.86. The largest absolute Gasteiger partial charge is 0.444 e. The summed E-state index contributed by atoms with van der Waals surface area (Å²) in [6.07, 6.45) is 1.07. The summed E-state index contributed by atoms with van der Waals surface area (Å²) < 4.78 is 20.9. The number of nitrogens with zero attached hydrogens (tertiary/aromatic N) is 4. The van der Waals surface area contributed by atoms with Crippen LogP contribution in [0.15, 0.2) is 24.4 Å². The number of likely N-dealkylation sites (tertiary alicyclic amines) is 1. The number of benzene rings is 1. The third kappa shape index (κ3) is 7.64. The lowest BCUT2D eigenvalue weighted by atomic mass is 10.0. The van der Waals surface area contributed by atoms with Gasteiger partial charge in [0.1, 0.15) is 22.8 Å². The molecule has 224 valence electrons. The Labute approximate surface area is 255 Å². The van der Waals surface area contributed by atoms with E-state index in [2.05, 4.69) is 20.6 Å². The molecule has 0 unspecified atom stereocenters. The number of carbonyl (C=O) groups excluding carboxylic acids is 2. The Balaban J connectivity index is 1.38. The molecule has 5 atom stereocenters. The molecule has 13 heteroatoms. The Hall–Kier alpha value is -2.56. The molecule has 2 saturated heterocycles. The van der Waals surface area contributed by atoms with E-state index in [9.17, 15) is 9.59 Å². The molecule has 0 spiro atoms. The lowest BCUT2D eigenvalue weighted by Crippen LogP contribution is -2.57. The van der Waals surface area contributed by atoms with Crippen molar-refractivity contribution in [1.29, 1.82) is 0 Å². The van der Waals surface area contributed by atoms with Gasteiger partial charge in [-0.3, -0.25) is 9.69 Å². The highest BCUT2D eigenvalue weighted by Crippen LogP contribution is 2.32. The van der Waals surface area contributed by atoms with Gasteiger partial charge in [0.05, 0.1) is 24.8 Å². The highest BCUT2D eigenvalue weighted by Gasteiger charge is 2.42. The van der Waals surface area contributed by atoms with Crippen molar-refractivity contribution >= 4 is 58.6 Å². The van der Waals surface area contributed by atoms with Crippen molar-refractivity contribution in [3.05, 3.63) is 45.0 Å². The van der Waals surface area contributed by atoms with Gasteiger partial charge in [0.25, 0.3) is 0 Å². The minimum absolute atomic E-state index is 0.0125. The van der Waals surface area contributed by atoms with Crippen LogP contribution in [0.4, 0.5) is 21.0 Å². The second-order valence-electron chi connectivity index (χ2n) is 11.6. The zero-order valence-corrected chi connectivity index (χ0v) is 26.0. The molecule has 2 N–H and O–H groups in total. The number of carbonyl (C=O) groups is 2. The molecule has 9 nitrogen and oxygen atoms in total. The van der Waals surface area contributed by atoms with Crippen LogP contribution in [0.3, 0.4) is 0 Å². The van der Waals surface area contributed by atoms with Gasteiger partial charge in [0, 0.05) is 22.6 Å². The number of hydrogen-bond acceptors (Lipinski definition) is 7. The molecule has 2 fully saturated rings. The van der Waals surface area contributed by atoms with Gasteiger partial charge in [-0.15, -0.1) is 0 Å². The molecule has 0 saturated carbocycles. The normalized spacial score (nSPS) is 23.7. The van der Waals surface area contributed by atoms with Gasteiger partial charge in [0.15, 0.2) is 5.82 Å². The Morgan fingerprint density at radius 2 is 1.88 bits per heavy atom. The van der Waals surface area contributed by atoms with E-state index in [1.165, 1.54) is 11.1 Å². The summed E-state index contributed by atoms with van der Waals surface area (Å²) in [6.45, 7) is 9.54. The Morgan fingerprint density at radius 1 is 1.15 bits per heavy atom. The number of ether oxygens (including phenoxy) is 1. The fraction of sp³-hybridized carbons (Fsp3) is 0.571. The molecule has 2 aliphatic rings. The van der Waals surface area contributed by atoms with Crippen molar-refractivity contribution in [2.45, 2.75) is 89.8 Å². The molecule has 2 aliphatic heterocycles. The van der Waals surface area contributed by atoms with E-state index in [1.54, 1.807) is 37.8 Å². The number of hydrogen-bond donors (Lipinski definition) is 2. The van der Waals surface area contributed by atoms with Crippen molar-refractivity contribution in [2.24, 2.45) is 0 Å². The third-order valence-electron chi connectivity index (χ3n) is 7.24. The van der Waals surface area contributed by atoms with E-state index >= 15 is 4.39 Å². The molecule has 4 rings (SSSR count). The van der Waals surface area contributed by atoms with Crippen molar-refractivity contribution < 1.29 is 18.7 Å². The summed E-state index contributed by atoms with van der Waals surface area (Å²) in [5.41, 5.74) is 0.131. The minimum Gasteiger partial charge on any atom is -0.444 e. The Kier molecular flexibility index (Phi) is 9.76. The number of amides is 2. The lowest BCUT2D eigenvalue weighted by molar-refractivity contribution is -0.127. The number of piperidine rings is 1. The van der Waals surface area contributed by atoms with E-state index < -0.39 is 29.9 Å². The van der Waals surface area contributed by atoms with Crippen LogP contribution in [0.2, 0.25) is 15.1 Å². The van der Waals surface area contributed by atoms with E-state index in [0.717, 1.165) is 5.56 Å². The van der Waals surface area contributed by atoms with Gasteiger partial charge in [-0.05, 0) is 71.6 Å². The summed E-state index contributed by atoms with van der Waals surface area (Å²) in [7, 11) is 0. The maximum absolute atomic E-state index is 15.4. The van der Waals surface area contributed by atoms with Crippen LogP contribution >= 0.6 is 34.8 Å². The van der Waals surface area contributed by atoms with Crippen LogP contribution in [0.25, 0.3) is 0 Å². The highest BCUT2D eigenvalue weighted by atomic mass is 35.5. The average Bonchev–Trinajstić information content (AvgIpc) is 3.27. The predicted molar refractivity (Wildman–Crippen MR) is 160 cm³/mol. The highest BCUT2D eigenvalue weighted by molar-refractivity contribution is 6.35. The van der Waals surface area contributed by atoms with E-state index in [-0.39, 0.29) is 24.5 Å². The SMILES string of the molecule is C[C@@H](Nc1nc(N2CC[C@H](NC(=O)[C@H]3CC[C@H](C)N3C(=O)OC(C)(C)C)[C@@H](F)C2)ncc1Cl)c1ccc(Cl)cc1Cl. The smallest absolute Gasteiger partial charge is 0.411 e. The fourth-order valence-electron chi connectivity index (χ4n) is 5.14. The maximum Gasteiger partial charge on any atom is 0.411 e. The molecule has 0 radical (unpaired) electrons. The van der Waals surface area contributed by atoms with Crippen LogP contribution in [0, 0.1) is 0 Å². The first kappa shape index (κ1) is 31.4. The number of rotatable bonds is 6. The second-order valence-corrected chi connectivity index (χ2v) is 12.8. The molecule has 1 aromatic carbocycles. The van der Waals surface area contributed by atoms with Crippen LogP contribution in [0.1, 0.15) is 65.5 Å². The first-order valence-electron chi connectivity index (χ1n) is 13.7. The monoisotopic (exact) mass is 628 g/mol. The second kappa shape index (κ2) is 12.8. The van der Waals surface area contributed by atoms with E-state index in [0.29, 0.717) is 52.6 Å². The van der Waals surface area contributed by atoms with Gasteiger partial charge >= 0.3 is 6.09 Å². The van der Waals surface area contributed by atoms with E-state index in [4.69, 9.17) is 39.5 Å². The van der Waals surface area contributed by atoms with Crippen molar-refractivity contribution in [1.82, 2.24) is 20.2 Å². The minimum atomic E-state index is -1.37. The molecule has 3 heterocycles. The van der Waals surface area contributed by atoms with Crippen molar-refractivity contribution in [3.8, 4) is 0 Å². The molecule has 0 aliphatic carbocycles. The summed E-state index contributed by atoms with van der Waals surface area (Å²) in [4.78, 5) is 38.0. The third-order valence-corrected chi connectivity index (χ3v) is 8.08. The van der Waals surface area contributed by atoms with Gasteiger partial charge < -0.3 is 20.3 Å². The number of alkyl halides is 1. The summed E-state index contributed by atoms with van der Waals surface area (Å²) in [5, 5.41) is 7.43. The predicted octanol–water partition coefficient (Wildman–Crippen LogP) is 6.43. The summed E-state index contributed by atoms with van der Waals surface area (Å²) in [6, 6.07) is 3.45. The molecule has 41 heavy (non-hydrogen) atoms. The van der Waals surface area contributed by atoms with Crippen LogP contribution in [-0.4, -0.2) is 69.9 Å². The molecular weight excluding hydrogens is 594 g/mol. The first-order chi connectivity index (χ1) is 19.2. The zero-order chi connectivity index (χ0) is 30.1. The standard InChI is InChI=1S/C28H36Cl3FN6O3/c1-15-6-9-23(38(15)27(40)41-28(3,4)5)25(39)35-22-10-11-37(14-21(22)32)26-33-13-20(31)24(36-26)34-16(2)18-8-7-17(29)12-19(18)30/h7-8,12-13,15-16,21-23H,6,9-11,14H2,1-5H3,(H,35,39)(H,33,34,36)/t15-,16+,21-,22-,23+/m0/s1. The van der Waals surface area contributed by atoms with Gasteiger partial charge in [-0.25, -0.2) is 14.2 Å². The Morgan fingerprint density at radius 3 is 2.54 bits per heavy atom. The quantitative estimate of drug-likeness (QED) is 0.380. The number of nitrogens with one attached hydrogen (secondary N) is 2. The average molecular weight is 630 g/mol. The Bertz CT molecular complexity index is 1280. The van der Waals surface area contributed by atoms with Gasteiger partial charge in [-0.2, -0.15) is 4.98 Å². The van der Waals surface area contributed by atoms with Gasteiger partial charge in [0.2, 0.25) is 11.9 Å². The summed E-state index contributed by atoms with van der Waals surface area (Å²) in [5.74, 6) is 0.337. The van der Waals surface area contributed by atoms with Crippen molar-refractivity contribution in [2.75, 3.05) is 23.3 Å². The van der Waals surface area contributed by atoms with Crippen LogP contribution in [-0.2, 0) is 9.53 Å². The first-order valence-corrected chi connectivity index (χ1v) is 14.8. The van der Waals surface area contributed by atoms with Crippen LogP contribution in [0.5, 0.6) is 0 Å². The van der Waals surface area contributed by atoms with E-state index in [1.807, 2.05) is 19.9 Å². The maximum atomic E-state index is 15.4. The molecule has 1 aromatic heterocycles. The zero-order valence-electron chi connectivity index (χ0n) is 23.8. The summed E-state index contributed by atoms with van der Waals surface area (Å²) >= 11 is 18.7. The molecule has 0 bridgehead atoms. The van der Waals surface area contributed by atoms with Gasteiger partial charge in [-0.1, -0.05) is 40.9 Å². The molecule has 2 amide bonds. The lowest BCUT2D eigenvalue weighted by Gasteiger charge is -2.36. The topological polar surface area (TPSA) is 99.7 Å². The van der Waals surface area contributed by atoms with Crippen LogP contribution < -0.4 is 15.5 Å². The number of aromatic nitrogens is 2. The molecule has 2 aromatic rings.